The summed E-state index contributed by atoms with van der Waals surface area (Å²) in [6.07, 6.45) is 4.57. The van der Waals surface area contributed by atoms with Crippen molar-refractivity contribution in [2.45, 2.75) is 51.5 Å². The molecule has 148 valence electrons. The van der Waals surface area contributed by atoms with E-state index in [1.165, 1.54) is 4.31 Å². The van der Waals surface area contributed by atoms with Crippen LogP contribution in [0.1, 0.15) is 45.4 Å². The second-order valence-electron chi connectivity index (χ2n) is 7.27. The summed E-state index contributed by atoms with van der Waals surface area (Å²) >= 11 is 0. The molecule has 1 atom stereocenters. The van der Waals surface area contributed by atoms with Gasteiger partial charge in [-0.25, -0.2) is 8.42 Å². The van der Waals surface area contributed by atoms with Crippen molar-refractivity contribution in [3.8, 4) is 0 Å². The lowest BCUT2D eigenvalue weighted by Crippen LogP contribution is -2.44. The molecule has 0 radical (unpaired) electrons. The first-order chi connectivity index (χ1) is 12.9. The van der Waals surface area contributed by atoms with Gasteiger partial charge < -0.3 is 10.6 Å². The highest BCUT2D eigenvalue weighted by atomic mass is 32.2. The minimum absolute atomic E-state index is 0.00228. The number of amides is 2. The first kappa shape index (κ1) is 19.8. The van der Waals surface area contributed by atoms with Crippen molar-refractivity contribution >= 4 is 33.2 Å². The van der Waals surface area contributed by atoms with Crippen molar-refractivity contribution < 1.29 is 18.0 Å². The Morgan fingerprint density at radius 1 is 1.22 bits per heavy atom. The Bertz CT molecular complexity index is 805. The fourth-order valence-electron chi connectivity index (χ4n) is 3.30. The van der Waals surface area contributed by atoms with Crippen molar-refractivity contribution in [2.24, 2.45) is 5.92 Å². The van der Waals surface area contributed by atoms with Gasteiger partial charge in [0.15, 0.2) is 0 Å². The molecule has 1 saturated heterocycles. The number of carbonyl (C=O) groups excluding carboxylic acids is 2. The van der Waals surface area contributed by atoms with Gasteiger partial charge in [0.2, 0.25) is 21.8 Å². The third-order valence-corrected chi connectivity index (χ3v) is 6.92. The molecule has 27 heavy (non-hydrogen) atoms. The Hall–Kier alpha value is -1.93. The number of unbranched alkanes of at least 4 members (excludes halogenated alkanes) is 1. The maximum Gasteiger partial charge on any atom is 0.242 e. The molecule has 1 aliphatic carbocycles. The minimum Gasteiger partial charge on any atom is -0.326 e. The average molecular weight is 394 g/mol. The van der Waals surface area contributed by atoms with Crippen LogP contribution in [0.2, 0.25) is 0 Å². The molecule has 2 amide bonds. The lowest BCUT2D eigenvalue weighted by molar-refractivity contribution is -0.120. The monoisotopic (exact) mass is 393 g/mol. The van der Waals surface area contributed by atoms with E-state index in [0.29, 0.717) is 30.8 Å². The van der Waals surface area contributed by atoms with Crippen molar-refractivity contribution in [3.05, 3.63) is 24.3 Å². The Labute approximate surface area is 160 Å². The lowest BCUT2D eigenvalue weighted by Gasteiger charge is -2.25. The van der Waals surface area contributed by atoms with Gasteiger partial charge in [0.25, 0.3) is 0 Å². The van der Waals surface area contributed by atoms with Crippen LogP contribution in [0, 0.1) is 5.92 Å². The molecule has 3 rings (SSSR count). The second-order valence-corrected chi connectivity index (χ2v) is 9.31. The normalized spacial score (nSPS) is 20.2. The van der Waals surface area contributed by atoms with Crippen molar-refractivity contribution in [2.75, 3.05) is 22.9 Å². The highest BCUT2D eigenvalue weighted by molar-refractivity contribution is 7.89. The Kier molecular flexibility index (Phi) is 6.16. The Morgan fingerprint density at radius 3 is 2.52 bits per heavy atom. The fourth-order valence-corrected chi connectivity index (χ4v) is 5.03. The van der Waals surface area contributed by atoms with Crippen molar-refractivity contribution in [1.82, 2.24) is 4.31 Å². The molecule has 0 unspecified atom stereocenters. The van der Waals surface area contributed by atoms with E-state index >= 15 is 0 Å². The smallest absolute Gasteiger partial charge is 0.242 e. The predicted octanol–water partition coefficient (Wildman–Crippen LogP) is 2.57. The fraction of sp³-hybridized carbons (Fsp3) is 0.579. The molecule has 0 aromatic heterocycles. The molecule has 0 bridgehead atoms. The largest absolute Gasteiger partial charge is 0.326 e. The van der Waals surface area contributed by atoms with Crippen molar-refractivity contribution in [1.29, 1.82) is 0 Å². The standard InChI is InChI=1S/C19H27N3O4S/c1-2-3-8-17(22-11-5-12-27(22,25)26)19(24)21-16-7-4-6-15(13-16)20-18(23)14-9-10-14/h4,6-7,13-14,17H,2-3,5,8-12H2,1H3,(H,20,23)(H,21,24)/t17-/m0/s1. The molecule has 1 heterocycles. The molecule has 1 aliphatic heterocycles. The number of carbonyl (C=O) groups is 2. The molecule has 8 heteroatoms. The van der Waals surface area contributed by atoms with E-state index in [2.05, 4.69) is 10.6 Å². The molecule has 2 fully saturated rings. The van der Waals surface area contributed by atoms with E-state index in [1.807, 2.05) is 6.92 Å². The highest BCUT2D eigenvalue weighted by Crippen LogP contribution is 2.30. The van der Waals surface area contributed by atoms with Gasteiger partial charge >= 0.3 is 0 Å². The summed E-state index contributed by atoms with van der Waals surface area (Å²) in [6.45, 7) is 2.40. The molecular weight excluding hydrogens is 366 g/mol. The van der Waals surface area contributed by atoms with Crippen LogP contribution in [0.5, 0.6) is 0 Å². The third kappa shape index (κ3) is 5.07. The molecule has 1 saturated carbocycles. The zero-order chi connectivity index (χ0) is 19.4. The number of hydrogen-bond acceptors (Lipinski definition) is 4. The first-order valence-electron chi connectivity index (χ1n) is 9.62. The van der Waals surface area contributed by atoms with Crippen LogP contribution in [-0.4, -0.2) is 42.9 Å². The quantitative estimate of drug-likeness (QED) is 0.709. The van der Waals surface area contributed by atoms with Gasteiger partial charge in [-0.2, -0.15) is 4.31 Å². The van der Waals surface area contributed by atoms with E-state index in [4.69, 9.17) is 0 Å². The Morgan fingerprint density at radius 2 is 1.93 bits per heavy atom. The van der Waals surface area contributed by atoms with Crippen LogP contribution in [-0.2, 0) is 19.6 Å². The number of anilines is 2. The zero-order valence-electron chi connectivity index (χ0n) is 15.6. The summed E-state index contributed by atoms with van der Waals surface area (Å²) in [5, 5.41) is 5.68. The Balaban J connectivity index is 1.70. The summed E-state index contributed by atoms with van der Waals surface area (Å²) in [5.41, 5.74) is 1.18. The third-order valence-electron chi connectivity index (χ3n) is 4.97. The molecule has 2 N–H and O–H groups in total. The minimum atomic E-state index is -3.37. The highest BCUT2D eigenvalue weighted by Gasteiger charge is 2.38. The van der Waals surface area contributed by atoms with E-state index in [9.17, 15) is 18.0 Å². The zero-order valence-corrected chi connectivity index (χ0v) is 16.4. The molecule has 1 aromatic rings. The number of nitrogens with zero attached hydrogens (tertiary/aromatic N) is 1. The molecule has 1 aromatic carbocycles. The van der Waals surface area contributed by atoms with Crippen LogP contribution >= 0.6 is 0 Å². The van der Waals surface area contributed by atoms with Gasteiger partial charge in [-0.05, 0) is 43.9 Å². The van der Waals surface area contributed by atoms with Gasteiger partial charge in [-0.1, -0.05) is 25.8 Å². The summed E-state index contributed by atoms with van der Waals surface area (Å²) < 4.78 is 25.9. The van der Waals surface area contributed by atoms with Crippen LogP contribution < -0.4 is 10.6 Å². The summed E-state index contributed by atoms with van der Waals surface area (Å²) in [6, 6.07) is 6.27. The average Bonchev–Trinajstić information content (AvgIpc) is 3.40. The molecule has 7 nitrogen and oxygen atoms in total. The first-order valence-corrected chi connectivity index (χ1v) is 11.2. The van der Waals surface area contributed by atoms with Gasteiger partial charge in [-0.15, -0.1) is 0 Å². The van der Waals surface area contributed by atoms with Gasteiger partial charge in [0.1, 0.15) is 6.04 Å². The van der Waals surface area contributed by atoms with Crippen LogP contribution in [0.3, 0.4) is 0 Å². The maximum atomic E-state index is 12.8. The van der Waals surface area contributed by atoms with Crippen molar-refractivity contribution in [3.63, 3.8) is 0 Å². The predicted molar refractivity (Wildman–Crippen MR) is 105 cm³/mol. The van der Waals surface area contributed by atoms with Crippen LogP contribution in [0.15, 0.2) is 24.3 Å². The number of nitrogens with one attached hydrogen (secondary N) is 2. The number of benzene rings is 1. The van der Waals surface area contributed by atoms with E-state index < -0.39 is 16.1 Å². The summed E-state index contributed by atoms with van der Waals surface area (Å²) in [4.78, 5) is 24.7. The number of rotatable bonds is 8. The SMILES string of the molecule is CCCC[C@@H](C(=O)Nc1cccc(NC(=O)C2CC2)c1)N1CCCS1(=O)=O. The van der Waals surface area contributed by atoms with E-state index in [-0.39, 0.29) is 23.5 Å². The topological polar surface area (TPSA) is 95.6 Å². The molecule has 2 aliphatic rings. The second kappa shape index (κ2) is 8.39. The molecule has 0 spiro atoms. The van der Waals surface area contributed by atoms with E-state index in [0.717, 1.165) is 25.7 Å². The van der Waals surface area contributed by atoms with E-state index in [1.54, 1.807) is 24.3 Å². The summed E-state index contributed by atoms with van der Waals surface area (Å²) in [5.74, 6) is -0.116. The number of hydrogen-bond donors (Lipinski definition) is 2. The van der Waals surface area contributed by atoms with Gasteiger partial charge in [0, 0.05) is 23.8 Å². The van der Waals surface area contributed by atoms with Crippen LogP contribution in [0.4, 0.5) is 11.4 Å². The van der Waals surface area contributed by atoms with Gasteiger partial charge in [0.05, 0.1) is 5.75 Å². The van der Waals surface area contributed by atoms with Crippen LogP contribution in [0.25, 0.3) is 0 Å². The maximum absolute atomic E-state index is 12.8. The molecular formula is C19H27N3O4S. The lowest BCUT2D eigenvalue weighted by atomic mass is 10.1. The summed E-state index contributed by atoms with van der Waals surface area (Å²) in [7, 11) is -3.37. The van der Waals surface area contributed by atoms with Gasteiger partial charge in [-0.3, -0.25) is 9.59 Å². The number of sulfonamides is 1.